The van der Waals surface area contributed by atoms with Crippen LogP contribution >= 0.6 is 11.6 Å². The van der Waals surface area contributed by atoms with Crippen molar-refractivity contribution >= 4 is 17.5 Å². The van der Waals surface area contributed by atoms with E-state index in [2.05, 4.69) is 5.32 Å². The average Bonchev–Trinajstić information content (AvgIpc) is 2.53. The molecule has 2 rings (SSSR count). The number of carbonyl (C=O) groups is 1. The average molecular weight is 296 g/mol. The topological polar surface area (TPSA) is 49.3 Å². The molecule has 3 nitrogen and oxygen atoms in total. The molecule has 1 fully saturated rings. The molecule has 1 aliphatic carbocycles. The molecule has 110 valence electrons. The van der Waals surface area contributed by atoms with Crippen LogP contribution in [-0.4, -0.2) is 24.2 Å². The molecule has 1 aliphatic rings. The number of aliphatic hydroxyl groups is 1. The second-order valence-electron chi connectivity index (χ2n) is 5.74. The van der Waals surface area contributed by atoms with Gasteiger partial charge in [-0.2, -0.15) is 0 Å². The van der Waals surface area contributed by atoms with E-state index < -0.39 is 0 Å². The predicted octanol–water partition coefficient (Wildman–Crippen LogP) is 3.10. The van der Waals surface area contributed by atoms with Crippen LogP contribution in [-0.2, 0) is 5.88 Å². The van der Waals surface area contributed by atoms with E-state index in [1.54, 1.807) is 6.07 Å². The Bertz CT molecular complexity index is 456. The van der Waals surface area contributed by atoms with Crippen molar-refractivity contribution in [3.8, 4) is 0 Å². The Hall–Kier alpha value is -1.06. The second-order valence-corrected chi connectivity index (χ2v) is 6.00. The van der Waals surface area contributed by atoms with E-state index in [1.165, 1.54) is 6.42 Å². The largest absolute Gasteiger partial charge is 0.396 e. The van der Waals surface area contributed by atoms with Crippen molar-refractivity contribution in [2.75, 3.05) is 13.2 Å². The maximum Gasteiger partial charge on any atom is 0.251 e. The number of benzene rings is 1. The van der Waals surface area contributed by atoms with Gasteiger partial charge < -0.3 is 10.4 Å². The first-order chi connectivity index (χ1) is 9.69. The Kier molecular flexibility index (Phi) is 5.44. The third-order valence-electron chi connectivity index (χ3n) is 4.22. The Morgan fingerprint density at radius 3 is 2.70 bits per heavy atom. The fraction of sp³-hybridized carbons (Fsp3) is 0.562. The third-order valence-corrected chi connectivity index (χ3v) is 4.53. The lowest BCUT2D eigenvalue weighted by atomic mass is 9.74. The molecule has 0 heterocycles. The summed E-state index contributed by atoms with van der Waals surface area (Å²) in [6, 6.07) is 7.35. The zero-order valence-electron chi connectivity index (χ0n) is 11.7. The van der Waals surface area contributed by atoms with Gasteiger partial charge >= 0.3 is 0 Å². The van der Waals surface area contributed by atoms with Gasteiger partial charge in [0.2, 0.25) is 0 Å². The van der Waals surface area contributed by atoms with E-state index in [1.807, 2.05) is 18.2 Å². The lowest BCUT2D eigenvalue weighted by molar-refractivity contribution is 0.0718. The van der Waals surface area contributed by atoms with Crippen molar-refractivity contribution in [1.82, 2.24) is 5.32 Å². The molecule has 1 saturated carbocycles. The Morgan fingerprint density at radius 1 is 1.30 bits per heavy atom. The minimum atomic E-state index is -0.127. The first kappa shape index (κ1) is 15.3. The fourth-order valence-electron chi connectivity index (χ4n) is 2.86. The van der Waals surface area contributed by atoms with Crippen LogP contribution in [0, 0.1) is 5.41 Å². The number of alkyl halides is 1. The molecule has 20 heavy (non-hydrogen) atoms. The summed E-state index contributed by atoms with van der Waals surface area (Å²) < 4.78 is 0. The summed E-state index contributed by atoms with van der Waals surface area (Å²) in [5, 5.41) is 12.6. The standard InChI is InChI=1S/C16H22ClNO2/c17-10-13-5-4-6-14(9-13)15(20)18-11-16(12-19)7-2-1-3-8-16/h4-6,9,19H,1-3,7-8,10-12H2,(H,18,20). The lowest BCUT2D eigenvalue weighted by Crippen LogP contribution is -2.41. The van der Waals surface area contributed by atoms with Crippen molar-refractivity contribution in [2.24, 2.45) is 5.41 Å². The normalized spacial score (nSPS) is 17.7. The van der Waals surface area contributed by atoms with Gasteiger partial charge in [-0.25, -0.2) is 0 Å². The number of aliphatic hydroxyl groups excluding tert-OH is 1. The number of amides is 1. The van der Waals surface area contributed by atoms with Crippen LogP contribution in [0.3, 0.4) is 0 Å². The molecule has 0 radical (unpaired) electrons. The molecule has 1 aromatic carbocycles. The van der Waals surface area contributed by atoms with Gasteiger partial charge in [-0.15, -0.1) is 11.6 Å². The maximum atomic E-state index is 12.2. The number of hydrogen-bond acceptors (Lipinski definition) is 2. The molecule has 1 aromatic rings. The summed E-state index contributed by atoms with van der Waals surface area (Å²) in [5.74, 6) is 0.317. The SMILES string of the molecule is O=C(NCC1(CO)CCCCC1)c1cccc(CCl)c1. The summed E-state index contributed by atoms with van der Waals surface area (Å²) in [4.78, 5) is 12.2. The number of halogens is 1. The van der Waals surface area contributed by atoms with Crippen molar-refractivity contribution < 1.29 is 9.90 Å². The molecule has 0 unspecified atom stereocenters. The third kappa shape index (κ3) is 3.74. The molecule has 1 amide bonds. The quantitative estimate of drug-likeness (QED) is 0.820. The maximum absolute atomic E-state index is 12.2. The molecule has 4 heteroatoms. The smallest absolute Gasteiger partial charge is 0.251 e. The predicted molar refractivity (Wildman–Crippen MR) is 80.9 cm³/mol. The van der Waals surface area contributed by atoms with Gasteiger partial charge in [0.25, 0.3) is 5.91 Å². The molecule has 0 aromatic heterocycles. The zero-order chi connectivity index (χ0) is 14.4. The summed E-state index contributed by atoms with van der Waals surface area (Å²) in [5.41, 5.74) is 1.44. The highest BCUT2D eigenvalue weighted by atomic mass is 35.5. The van der Waals surface area contributed by atoms with E-state index in [0.29, 0.717) is 18.0 Å². The summed E-state index contributed by atoms with van der Waals surface area (Å²) in [7, 11) is 0. The van der Waals surface area contributed by atoms with E-state index in [-0.39, 0.29) is 17.9 Å². The highest BCUT2D eigenvalue weighted by molar-refractivity contribution is 6.17. The van der Waals surface area contributed by atoms with Gasteiger partial charge in [0.15, 0.2) is 0 Å². The van der Waals surface area contributed by atoms with Crippen LogP contribution in [0.25, 0.3) is 0 Å². The van der Waals surface area contributed by atoms with Crippen LogP contribution in [0.2, 0.25) is 0 Å². The molecular weight excluding hydrogens is 274 g/mol. The number of carbonyl (C=O) groups excluding carboxylic acids is 1. The molecule has 0 bridgehead atoms. The molecule has 0 atom stereocenters. The van der Waals surface area contributed by atoms with Gasteiger partial charge in [0, 0.05) is 23.4 Å². The van der Waals surface area contributed by atoms with Crippen LogP contribution in [0.1, 0.15) is 48.0 Å². The Balaban J connectivity index is 1.96. The van der Waals surface area contributed by atoms with E-state index in [0.717, 1.165) is 31.2 Å². The number of rotatable bonds is 5. The van der Waals surface area contributed by atoms with E-state index >= 15 is 0 Å². The van der Waals surface area contributed by atoms with Gasteiger partial charge in [-0.1, -0.05) is 31.4 Å². The van der Waals surface area contributed by atoms with Crippen molar-refractivity contribution in [3.05, 3.63) is 35.4 Å². The monoisotopic (exact) mass is 295 g/mol. The molecule has 0 aliphatic heterocycles. The number of nitrogens with one attached hydrogen (secondary N) is 1. The minimum Gasteiger partial charge on any atom is -0.396 e. The molecule has 0 saturated heterocycles. The van der Waals surface area contributed by atoms with Gasteiger partial charge in [-0.3, -0.25) is 4.79 Å². The highest BCUT2D eigenvalue weighted by Crippen LogP contribution is 2.35. The van der Waals surface area contributed by atoms with Gasteiger partial charge in [0.1, 0.15) is 0 Å². The van der Waals surface area contributed by atoms with Gasteiger partial charge in [0.05, 0.1) is 6.61 Å². The van der Waals surface area contributed by atoms with Crippen LogP contribution in [0.15, 0.2) is 24.3 Å². The van der Waals surface area contributed by atoms with Crippen molar-refractivity contribution in [1.29, 1.82) is 0 Å². The van der Waals surface area contributed by atoms with E-state index in [4.69, 9.17) is 11.6 Å². The Labute approximate surface area is 125 Å². The fourth-order valence-corrected chi connectivity index (χ4v) is 3.02. The van der Waals surface area contributed by atoms with E-state index in [9.17, 15) is 9.90 Å². The molecule has 0 spiro atoms. The van der Waals surface area contributed by atoms with Crippen molar-refractivity contribution in [2.45, 2.75) is 38.0 Å². The minimum absolute atomic E-state index is 0.0876. The Morgan fingerprint density at radius 2 is 2.05 bits per heavy atom. The summed E-state index contributed by atoms with van der Waals surface area (Å²) in [6.07, 6.45) is 5.49. The number of hydrogen-bond donors (Lipinski definition) is 2. The second kappa shape index (κ2) is 7.09. The summed E-state index contributed by atoms with van der Waals surface area (Å²) >= 11 is 5.78. The van der Waals surface area contributed by atoms with Crippen molar-refractivity contribution in [3.63, 3.8) is 0 Å². The van der Waals surface area contributed by atoms with Gasteiger partial charge in [-0.05, 0) is 30.5 Å². The zero-order valence-corrected chi connectivity index (χ0v) is 12.5. The highest BCUT2D eigenvalue weighted by Gasteiger charge is 2.31. The van der Waals surface area contributed by atoms with Crippen LogP contribution in [0.4, 0.5) is 0 Å². The molecular formula is C16H22ClNO2. The van der Waals surface area contributed by atoms with Crippen LogP contribution < -0.4 is 5.32 Å². The summed E-state index contributed by atoms with van der Waals surface area (Å²) in [6.45, 7) is 0.697. The lowest BCUT2D eigenvalue weighted by Gasteiger charge is -2.35. The first-order valence-corrected chi connectivity index (χ1v) is 7.76. The first-order valence-electron chi connectivity index (χ1n) is 7.23. The van der Waals surface area contributed by atoms with Crippen LogP contribution in [0.5, 0.6) is 0 Å². The molecule has 2 N–H and O–H groups in total.